The van der Waals surface area contributed by atoms with Crippen molar-refractivity contribution >= 4 is 5.97 Å². The van der Waals surface area contributed by atoms with Gasteiger partial charge in [-0.2, -0.15) is 0 Å². The van der Waals surface area contributed by atoms with Gasteiger partial charge in [-0.3, -0.25) is 0 Å². The minimum Gasteiger partial charge on any atom is -0.497 e. The minimum absolute atomic E-state index is 0.126. The Balaban J connectivity index is 1.73. The molecule has 1 atom stereocenters. The summed E-state index contributed by atoms with van der Waals surface area (Å²) >= 11 is 0. The van der Waals surface area contributed by atoms with Crippen LogP contribution < -0.4 is 4.74 Å². The maximum atomic E-state index is 13.9. The van der Waals surface area contributed by atoms with Crippen LogP contribution in [0.3, 0.4) is 0 Å². The molecule has 7 heteroatoms. The van der Waals surface area contributed by atoms with E-state index in [4.69, 9.17) is 13.9 Å². The van der Waals surface area contributed by atoms with Gasteiger partial charge in [0.2, 0.25) is 5.89 Å². The summed E-state index contributed by atoms with van der Waals surface area (Å²) in [5.41, 5.74) is 0.552. The second kappa shape index (κ2) is 7.12. The van der Waals surface area contributed by atoms with Gasteiger partial charge >= 0.3 is 5.97 Å². The molecule has 1 aromatic heterocycles. The summed E-state index contributed by atoms with van der Waals surface area (Å²) in [6.45, 7) is 1.57. The molecule has 0 aliphatic carbocycles. The van der Waals surface area contributed by atoms with Crippen LogP contribution in [0.15, 0.2) is 52.9 Å². The van der Waals surface area contributed by atoms with E-state index in [1.165, 1.54) is 19.2 Å². The van der Waals surface area contributed by atoms with Crippen molar-refractivity contribution < 1.29 is 23.1 Å². The number of halogens is 1. The van der Waals surface area contributed by atoms with E-state index in [1.54, 1.807) is 6.92 Å². The van der Waals surface area contributed by atoms with Crippen LogP contribution in [0.1, 0.15) is 29.3 Å². The average Bonchev–Trinajstić information content (AvgIpc) is 3.12. The molecule has 2 aromatic carbocycles. The van der Waals surface area contributed by atoms with Crippen molar-refractivity contribution in [2.75, 3.05) is 7.11 Å². The van der Waals surface area contributed by atoms with Crippen molar-refractivity contribution in [2.45, 2.75) is 13.0 Å². The number of methoxy groups -OCH3 is 1. The monoisotopic (exact) mass is 342 g/mol. The largest absolute Gasteiger partial charge is 0.497 e. The van der Waals surface area contributed by atoms with E-state index in [9.17, 15) is 9.18 Å². The van der Waals surface area contributed by atoms with Gasteiger partial charge < -0.3 is 13.9 Å². The van der Waals surface area contributed by atoms with E-state index in [2.05, 4.69) is 10.2 Å². The molecule has 0 aliphatic heterocycles. The van der Waals surface area contributed by atoms with Gasteiger partial charge in [-0.05, 0) is 31.2 Å². The van der Waals surface area contributed by atoms with Crippen LogP contribution >= 0.6 is 0 Å². The zero-order valence-electron chi connectivity index (χ0n) is 13.6. The maximum absolute atomic E-state index is 13.9. The number of ether oxygens (including phenoxy) is 2. The van der Waals surface area contributed by atoms with Crippen LogP contribution in [-0.4, -0.2) is 23.3 Å². The SMILES string of the molecule is COc1ccc(C(=O)O[C@@H](C)c2nnc(-c3ccccc3)o2)c(F)c1. The molecule has 0 N–H and O–H groups in total. The van der Waals surface area contributed by atoms with Crippen LogP contribution in [0, 0.1) is 5.82 Å². The van der Waals surface area contributed by atoms with Crippen LogP contribution in [0.5, 0.6) is 5.75 Å². The Kier molecular flexibility index (Phi) is 4.74. The van der Waals surface area contributed by atoms with Crippen LogP contribution in [-0.2, 0) is 4.74 Å². The third-order valence-corrected chi connectivity index (χ3v) is 3.49. The number of carbonyl (C=O) groups excluding carboxylic acids is 1. The fourth-order valence-electron chi connectivity index (χ4n) is 2.16. The Hall–Kier alpha value is -3.22. The summed E-state index contributed by atoms with van der Waals surface area (Å²) in [6, 6.07) is 13.1. The Morgan fingerprint density at radius 2 is 1.92 bits per heavy atom. The zero-order valence-corrected chi connectivity index (χ0v) is 13.6. The molecule has 25 heavy (non-hydrogen) atoms. The molecule has 6 nitrogen and oxygen atoms in total. The Morgan fingerprint density at radius 1 is 1.16 bits per heavy atom. The van der Waals surface area contributed by atoms with Crippen molar-refractivity contribution in [1.82, 2.24) is 10.2 Å². The van der Waals surface area contributed by atoms with Gasteiger partial charge in [-0.15, -0.1) is 10.2 Å². The van der Waals surface area contributed by atoms with Gasteiger partial charge in [0.15, 0.2) is 6.10 Å². The highest BCUT2D eigenvalue weighted by Crippen LogP contribution is 2.24. The Labute approximate surface area is 143 Å². The summed E-state index contributed by atoms with van der Waals surface area (Å²) in [7, 11) is 1.41. The first-order valence-corrected chi connectivity index (χ1v) is 7.52. The van der Waals surface area contributed by atoms with E-state index in [0.717, 1.165) is 11.6 Å². The summed E-state index contributed by atoms with van der Waals surface area (Å²) in [4.78, 5) is 12.1. The smallest absolute Gasteiger partial charge is 0.341 e. The number of carbonyl (C=O) groups is 1. The van der Waals surface area contributed by atoms with E-state index in [1.807, 2.05) is 30.3 Å². The van der Waals surface area contributed by atoms with E-state index < -0.39 is 17.9 Å². The molecule has 0 unspecified atom stereocenters. The number of rotatable bonds is 5. The number of esters is 1. The first-order valence-electron chi connectivity index (χ1n) is 7.52. The van der Waals surface area contributed by atoms with Crippen molar-refractivity contribution in [3.05, 3.63) is 65.8 Å². The number of hydrogen-bond donors (Lipinski definition) is 0. The predicted octanol–water partition coefficient (Wildman–Crippen LogP) is 3.80. The molecule has 128 valence electrons. The van der Waals surface area contributed by atoms with Crippen LogP contribution in [0.4, 0.5) is 4.39 Å². The summed E-state index contributed by atoms with van der Waals surface area (Å²) in [5.74, 6) is -0.805. The van der Waals surface area contributed by atoms with Gasteiger partial charge in [-0.1, -0.05) is 18.2 Å². The maximum Gasteiger partial charge on any atom is 0.341 e. The molecule has 0 radical (unpaired) electrons. The standard InChI is InChI=1S/C18H15FN2O4/c1-11(16-20-21-17(25-16)12-6-4-3-5-7-12)24-18(22)14-9-8-13(23-2)10-15(14)19/h3-11H,1-2H3/t11-/m0/s1. The van der Waals surface area contributed by atoms with Gasteiger partial charge in [0, 0.05) is 11.6 Å². The van der Waals surface area contributed by atoms with Gasteiger partial charge in [-0.25, -0.2) is 9.18 Å². The lowest BCUT2D eigenvalue weighted by atomic mass is 10.2. The second-order valence-corrected chi connectivity index (χ2v) is 5.20. The number of hydrogen-bond acceptors (Lipinski definition) is 6. The van der Waals surface area contributed by atoms with E-state index >= 15 is 0 Å². The lowest BCUT2D eigenvalue weighted by Gasteiger charge is -2.10. The summed E-state index contributed by atoms with van der Waals surface area (Å²) in [5, 5.41) is 7.81. The molecule has 3 aromatic rings. The van der Waals surface area contributed by atoms with Gasteiger partial charge in [0.1, 0.15) is 11.6 Å². The van der Waals surface area contributed by atoms with Crippen LogP contribution in [0.2, 0.25) is 0 Å². The molecule has 0 spiro atoms. The number of nitrogens with zero attached hydrogens (tertiary/aromatic N) is 2. The molecule has 0 bridgehead atoms. The van der Waals surface area contributed by atoms with Crippen molar-refractivity contribution in [3.63, 3.8) is 0 Å². The topological polar surface area (TPSA) is 74.5 Å². The minimum atomic E-state index is -0.827. The zero-order chi connectivity index (χ0) is 17.8. The quantitative estimate of drug-likeness (QED) is 0.657. The Bertz CT molecular complexity index is 880. The molecule has 0 fully saturated rings. The highest BCUT2D eigenvalue weighted by molar-refractivity contribution is 5.90. The molecule has 0 amide bonds. The number of aromatic nitrogens is 2. The first kappa shape index (κ1) is 16.6. The Morgan fingerprint density at radius 3 is 2.60 bits per heavy atom. The van der Waals surface area contributed by atoms with Gasteiger partial charge in [0.25, 0.3) is 5.89 Å². The average molecular weight is 342 g/mol. The van der Waals surface area contributed by atoms with Crippen molar-refractivity contribution in [2.24, 2.45) is 0 Å². The fourth-order valence-corrected chi connectivity index (χ4v) is 2.16. The van der Waals surface area contributed by atoms with E-state index in [0.29, 0.717) is 11.6 Å². The normalized spacial score (nSPS) is 11.8. The molecule has 0 saturated heterocycles. The van der Waals surface area contributed by atoms with Crippen molar-refractivity contribution in [3.8, 4) is 17.2 Å². The molecule has 3 rings (SSSR count). The third-order valence-electron chi connectivity index (χ3n) is 3.49. The molecule has 0 aliphatic rings. The summed E-state index contributed by atoms with van der Waals surface area (Å²) < 4.78 is 29.6. The highest BCUT2D eigenvalue weighted by atomic mass is 19.1. The van der Waals surface area contributed by atoms with Gasteiger partial charge in [0.05, 0.1) is 12.7 Å². The van der Waals surface area contributed by atoms with E-state index in [-0.39, 0.29) is 11.5 Å². The third kappa shape index (κ3) is 3.65. The molecular weight excluding hydrogens is 327 g/mol. The van der Waals surface area contributed by atoms with Crippen molar-refractivity contribution in [1.29, 1.82) is 0 Å². The van der Waals surface area contributed by atoms with Crippen LogP contribution in [0.25, 0.3) is 11.5 Å². The number of benzene rings is 2. The molecule has 1 heterocycles. The lowest BCUT2D eigenvalue weighted by Crippen LogP contribution is -2.11. The first-order chi connectivity index (χ1) is 12.1. The molecular formula is C18H15FN2O4. The highest BCUT2D eigenvalue weighted by Gasteiger charge is 2.22. The predicted molar refractivity (Wildman–Crippen MR) is 86.5 cm³/mol. The molecule has 0 saturated carbocycles. The lowest BCUT2D eigenvalue weighted by molar-refractivity contribution is 0.0274. The second-order valence-electron chi connectivity index (χ2n) is 5.20. The summed E-state index contributed by atoms with van der Waals surface area (Å²) in [6.07, 6.45) is -0.820. The fraction of sp³-hybridized carbons (Fsp3) is 0.167.